The Hall–Kier alpha value is -2.64. The van der Waals surface area contributed by atoms with Gasteiger partial charge in [-0.3, -0.25) is 14.2 Å². The zero-order chi connectivity index (χ0) is 21.0. The van der Waals surface area contributed by atoms with E-state index in [-0.39, 0.29) is 36.0 Å². The number of aromatic nitrogens is 1. The van der Waals surface area contributed by atoms with Crippen LogP contribution in [0, 0.1) is 5.92 Å². The van der Waals surface area contributed by atoms with Gasteiger partial charge in [0.2, 0.25) is 12.2 Å². The summed E-state index contributed by atoms with van der Waals surface area (Å²) in [5, 5.41) is 12.9. The first-order chi connectivity index (χ1) is 14.0. The van der Waals surface area contributed by atoms with E-state index in [2.05, 4.69) is 5.32 Å². The predicted molar refractivity (Wildman–Crippen MR) is 109 cm³/mol. The number of allylic oxidation sites excluding steroid dienone is 1. The standard InChI is InChI=1S/C22H28N2O5/c1-4-28-22-16(9-7-11-25)17(12-20(29-22)21(27)23-3)18-13-24(14(2)26)19-10-6-5-8-15(18)19/h5-6,8,10,12-13,16-17,22,25H,4,7,9,11H2,1-3H3,(H,23,27)/t16-,17-,22+/m1/s1. The average molecular weight is 400 g/mol. The number of amides is 1. The molecule has 7 heteroatoms. The molecule has 0 unspecified atom stereocenters. The van der Waals surface area contributed by atoms with Crippen molar-refractivity contribution in [3.8, 4) is 0 Å². The van der Waals surface area contributed by atoms with Gasteiger partial charge in [-0.05, 0) is 37.5 Å². The van der Waals surface area contributed by atoms with Crippen LogP contribution >= 0.6 is 0 Å². The van der Waals surface area contributed by atoms with E-state index in [4.69, 9.17) is 9.47 Å². The summed E-state index contributed by atoms with van der Waals surface area (Å²) in [6, 6.07) is 7.72. The molecule has 0 bridgehead atoms. The fraction of sp³-hybridized carbons (Fsp3) is 0.455. The van der Waals surface area contributed by atoms with Crippen molar-refractivity contribution in [2.75, 3.05) is 20.3 Å². The molecule has 1 amide bonds. The van der Waals surface area contributed by atoms with Gasteiger partial charge in [0, 0.05) is 50.6 Å². The molecule has 0 fully saturated rings. The van der Waals surface area contributed by atoms with Crippen LogP contribution in [0.4, 0.5) is 0 Å². The number of likely N-dealkylation sites (N-methyl/N-ethyl adjacent to an activating group) is 1. The second kappa shape index (κ2) is 9.24. The maximum atomic E-state index is 12.3. The van der Waals surface area contributed by atoms with Gasteiger partial charge in [0.05, 0.1) is 5.52 Å². The highest BCUT2D eigenvalue weighted by atomic mass is 16.7. The van der Waals surface area contributed by atoms with Crippen LogP contribution in [0.15, 0.2) is 42.3 Å². The number of carbonyl (C=O) groups excluding carboxylic acids is 2. The molecule has 1 aromatic heterocycles. The molecule has 2 heterocycles. The maximum absolute atomic E-state index is 12.3. The zero-order valence-corrected chi connectivity index (χ0v) is 17.1. The van der Waals surface area contributed by atoms with Crippen molar-refractivity contribution in [1.29, 1.82) is 0 Å². The second-order valence-electron chi connectivity index (χ2n) is 7.10. The van der Waals surface area contributed by atoms with Gasteiger partial charge in [0.15, 0.2) is 5.76 Å². The molecule has 1 aliphatic rings. The van der Waals surface area contributed by atoms with Crippen molar-refractivity contribution >= 4 is 22.7 Å². The minimum Gasteiger partial charge on any atom is -0.459 e. The highest BCUT2D eigenvalue weighted by Crippen LogP contribution is 2.42. The number of aliphatic hydroxyl groups excluding tert-OH is 1. The Morgan fingerprint density at radius 3 is 2.72 bits per heavy atom. The first-order valence-electron chi connectivity index (χ1n) is 9.95. The molecule has 3 rings (SSSR count). The van der Waals surface area contributed by atoms with Crippen molar-refractivity contribution in [2.24, 2.45) is 5.92 Å². The molecule has 3 atom stereocenters. The maximum Gasteiger partial charge on any atom is 0.285 e. The number of hydrogen-bond acceptors (Lipinski definition) is 5. The molecule has 0 radical (unpaired) electrons. The summed E-state index contributed by atoms with van der Waals surface area (Å²) in [5.41, 5.74) is 1.76. The van der Waals surface area contributed by atoms with Gasteiger partial charge >= 0.3 is 0 Å². The van der Waals surface area contributed by atoms with E-state index in [0.717, 1.165) is 16.5 Å². The molecule has 1 aliphatic heterocycles. The molecular weight excluding hydrogens is 372 g/mol. The Kier molecular flexibility index (Phi) is 6.71. The van der Waals surface area contributed by atoms with Crippen LogP contribution in [0.25, 0.3) is 10.9 Å². The van der Waals surface area contributed by atoms with Crippen LogP contribution in [0.2, 0.25) is 0 Å². The molecule has 156 valence electrons. The van der Waals surface area contributed by atoms with Gasteiger partial charge in [0.1, 0.15) is 0 Å². The molecule has 0 spiro atoms. The molecular formula is C22H28N2O5. The van der Waals surface area contributed by atoms with Crippen LogP contribution in [-0.2, 0) is 14.3 Å². The van der Waals surface area contributed by atoms with Gasteiger partial charge in [-0.15, -0.1) is 0 Å². The van der Waals surface area contributed by atoms with Crippen LogP contribution in [-0.4, -0.2) is 48.0 Å². The molecule has 1 aromatic carbocycles. The Morgan fingerprint density at radius 2 is 2.07 bits per heavy atom. The Balaban J connectivity index is 2.17. The number of nitrogens with zero attached hydrogens (tertiary/aromatic N) is 1. The Morgan fingerprint density at radius 1 is 1.31 bits per heavy atom. The number of fused-ring (bicyclic) bond motifs is 1. The third-order valence-electron chi connectivity index (χ3n) is 5.30. The molecule has 7 nitrogen and oxygen atoms in total. The van der Waals surface area contributed by atoms with E-state index in [0.29, 0.717) is 19.4 Å². The van der Waals surface area contributed by atoms with Crippen molar-refractivity contribution in [2.45, 2.75) is 38.9 Å². The van der Waals surface area contributed by atoms with Crippen molar-refractivity contribution in [3.63, 3.8) is 0 Å². The van der Waals surface area contributed by atoms with Gasteiger partial charge in [-0.25, -0.2) is 0 Å². The summed E-state index contributed by atoms with van der Waals surface area (Å²) >= 11 is 0. The number of nitrogens with one attached hydrogen (secondary N) is 1. The topological polar surface area (TPSA) is 89.8 Å². The lowest BCUT2D eigenvalue weighted by atomic mass is 9.80. The van der Waals surface area contributed by atoms with Crippen LogP contribution in [0.3, 0.4) is 0 Å². The molecule has 0 saturated heterocycles. The number of ether oxygens (including phenoxy) is 2. The lowest BCUT2D eigenvalue weighted by Gasteiger charge is -2.36. The first kappa shape index (κ1) is 21.1. The highest BCUT2D eigenvalue weighted by Gasteiger charge is 2.39. The number of para-hydroxylation sites is 1. The van der Waals surface area contributed by atoms with Crippen LogP contribution in [0.5, 0.6) is 0 Å². The largest absolute Gasteiger partial charge is 0.459 e. The number of carbonyl (C=O) groups is 2. The molecule has 0 saturated carbocycles. The summed E-state index contributed by atoms with van der Waals surface area (Å²) in [7, 11) is 1.55. The monoisotopic (exact) mass is 400 g/mol. The normalized spacial score (nSPS) is 21.5. The minimum absolute atomic E-state index is 0.0588. The lowest BCUT2D eigenvalue weighted by molar-refractivity contribution is -0.166. The fourth-order valence-corrected chi connectivity index (χ4v) is 3.98. The van der Waals surface area contributed by atoms with Crippen molar-refractivity contribution < 1.29 is 24.2 Å². The quantitative estimate of drug-likeness (QED) is 0.746. The summed E-state index contributed by atoms with van der Waals surface area (Å²) in [4.78, 5) is 24.5. The van der Waals surface area contributed by atoms with E-state index < -0.39 is 6.29 Å². The number of aliphatic hydroxyl groups is 1. The summed E-state index contributed by atoms with van der Waals surface area (Å²) in [6.07, 6.45) is 4.28. The summed E-state index contributed by atoms with van der Waals surface area (Å²) in [6.45, 7) is 3.89. The van der Waals surface area contributed by atoms with Crippen LogP contribution < -0.4 is 5.32 Å². The molecule has 29 heavy (non-hydrogen) atoms. The predicted octanol–water partition coefficient (Wildman–Crippen LogP) is 2.80. The first-order valence-corrected chi connectivity index (χ1v) is 9.95. The average Bonchev–Trinajstić information content (AvgIpc) is 3.12. The second-order valence-corrected chi connectivity index (χ2v) is 7.10. The summed E-state index contributed by atoms with van der Waals surface area (Å²) < 4.78 is 13.3. The van der Waals surface area contributed by atoms with Gasteiger partial charge < -0.3 is 19.9 Å². The third kappa shape index (κ3) is 4.21. The van der Waals surface area contributed by atoms with Crippen molar-refractivity contribution in [1.82, 2.24) is 9.88 Å². The minimum atomic E-state index is -0.617. The molecule has 0 aliphatic carbocycles. The number of rotatable bonds is 7. The smallest absolute Gasteiger partial charge is 0.285 e. The zero-order valence-electron chi connectivity index (χ0n) is 17.1. The van der Waals surface area contributed by atoms with E-state index >= 15 is 0 Å². The van der Waals surface area contributed by atoms with E-state index in [1.807, 2.05) is 43.5 Å². The van der Waals surface area contributed by atoms with E-state index in [9.17, 15) is 14.7 Å². The third-order valence-corrected chi connectivity index (χ3v) is 5.30. The fourth-order valence-electron chi connectivity index (χ4n) is 3.98. The van der Waals surface area contributed by atoms with Crippen molar-refractivity contribution in [3.05, 3.63) is 47.9 Å². The van der Waals surface area contributed by atoms with Gasteiger partial charge in [-0.2, -0.15) is 0 Å². The highest BCUT2D eigenvalue weighted by molar-refractivity contribution is 5.95. The lowest BCUT2D eigenvalue weighted by Crippen LogP contribution is -2.38. The Labute approximate surface area is 170 Å². The van der Waals surface area contributed by atoms with E-state index in [1.165, 1.54) is 6.92 Å². The van der Waals surface area contributed by atoms with E-state index in [1.54, 1.807) is 11.6 Å². The summed E-state index contributed by atoms with van der Waals surface area (Å²) in [5.74, 6) is -0.513. The number of benzene rings is 1. The van der Waals surface area contributed by atoms with Crippen LogP contribution in [0.1, 0.15) is 43.0 Å². The Bertz CT molecular complexity index is 917. The molecule has 2 aromatic rings. The SMILES string of the molecule is CCO[C@H]1OC(C(=O)NC)=C[C@@H](c2cn(C(C)=O)c3ccccc23)[C@H]1CCCO. The number of hydrogen-bond donors (Lipinski definition) is 2. The molecule has 2 N–H and O–H groups in total. The van der Waals surface area contributed by atoms with Gasteiger partial charge in [0.25, 0.3) is 5.91 Å². The van der Waals surface area contributed by atoms with Gasteiger partial charge in [-0.1, -0.05) is 18.2 Å².